The van der Waals surface area contributed by atoms with Crippen LogP contribution in [0.15, 0.2) is 12.7 Å². The van der Waals surface area contributed by atoms with Crippen molar-refractivity contribution in [2.75, 3.05) is 0 Å². The van der Waals surface area contributed by atoms with Crippen LogP contribution in [-0.2, 0) is 0 Å². The summed E-state index contributed by atoms with van der Waals surface area (Å²) in [5.74, 6) is 1.78. The molecule has 0 aliphatic heterocycles. The molecule has 1 aliphatic rings. The first kappa shape index (κ1) is 9.69. The molecule has 1 saturated carbocycles. The van der Waals surface area contributed by atoms with E-state index in [4.69, 9.17) is 0 Å². The summed E-state index contributed by atoms with van der Waals surface area (Å²) in [7, 11) is 0. The fourth-order valence-electron chi connectivity index (χ4n) is 2.46. The van der Waals surface area contributed by atoms with Crippen LogP contribution in [0.3, 0.4) is 0 Å². The number of aromatic nitrogens is 3. The topological polar surface area (TPSA) is 30.7 Å². The van der Waals surface area contributed by atoms with Gasteiger partial charge in [-0.3, -0.25) is 0 Å². The van der Waals surface area contributed by atoms with Crippen molar-refractivity contribution in [1.82, 2.24) is 14.8 Å². The standard InChI is InChI=1S/C11H19N3/c1-9(2)10-3-5-11(6-4-10)14-7-12-13-8-14/h7-11H,3-6H2,1-2H3. The number of rotatable bonds is 2. The maximum absolute atomic E-state index is 3.86. The smallest absolute Gasteiger partial charge is 0.119 e. The van der Waals surface area contributed by atoms with Crippen molar-refractivity contribution in [1.29, 1.82) is 0 Å². The van der Waals surface area contributed by atoms with E-state index < -0.39 is 0 Å². The van der Waals surface area contributed by atoms with Crippen molar-refractivity contribution in [2.24, 2.45) is 11.8 Å². The van der Waals surface area contributed by atoms with E-state index in [-0.39, 0.29) is 0 Å². The molecular formula is C11H19N3. The molecule has 1 aromatic heterocycles. The van der Waals surface area contributed by atoms with Gasteiger partial charge in [0.15, 0.2) is 0 Å². The third-order valence-electron chi connectivity index (χ3n) is 3.54. The van der Waals surface area contributed by atoms with Gasteiger partial charge >= 0.3 is 0 Å². The Morgan fingerprint density at radius 2 is 1.64 bits per heavy atom. The largest absolute Gasteiger partial charge is 0.317 e. The van der Waals surface area contributed by atoms with Crippen LogP contribution in [0.4, 0.5) is 0 Å². The lowest BCUT2D eigenvalue weighted by atomic mass is 9.80. The molecule has 1 aliphatic carbocycles. The highest BCUT2D eigenvalue weighted by molar-refractivity contribution is 4.80. The Morgan fingerprint density at radius 1 is 1.07 bits per heavy atom. The minimum Gasteiger partial charge on any atom is -0.317 e. The van der Waals surface area contributed by atoms with Crippen LogP contribution < -0.4 is 0 Å². The molecule has 78 valence electrons. The maximum atomic E-state index is 3.86. The summed E-state index contributed by atoms with van der Waals surface area (Å²) in [5, 5.41) is 7.73. The van der Waals surface area contributed by atoms with Crippen LogP contribution in [0.1, 0.15) is 45.6 Å². The summed E-state index contributed by atoms with van der Waals surface area (Å²) in [6.45, 7) is 4.67. The van der Waals surface area contributed by atoms with Crippen LogP contribution in [-0.4, -0.2) is 14.8 Å². The van der Waals surface area contributed by atoms with E-state index in [9.17, 15) is 0 Å². The molecule has 0 saturated heterocycles. The minimum absolute atomic E-state index is 0.653. The second-order valence-electron chi connectivity index (χ2n) is 4.72. The summed E-state index contributed by atoms with van der Waals surface area (Å²) < 4.78 is 2.16. The van der Waals surface area contributed by atoms with E-state index in [0.717, 1.165) is 11.8 Å². The zero-order valence-electron chi connectivity index (χ0n) is 9.06. The third-order valence-corrected chi connectivity index (χ3v) is 3.54. The first-order valence-corrected chi connectivity index (χ1v) is 5.61. The molecule has 0 N–H and O–H groups in total. The molecule has 14 heavy (non-hydrogen) atoms. The number of hydrogen-bond donors (Lipinski definition) is 0. The molecular weight excluding hydrogens is 174 g/mol. The Hall–Kier alpha value is -0.860. The SMILES string of the molecule is CC(C)C1CCC(n2cnnc2)CC1. The quantitative estimate of drug-likeness (QED) is 0.723. The van der Waals surface area contributed by atoms with Gasteiger partial charge < -0.3 is 4.57 Å². The Kier molecular flexibility index (Phi) is 2.85. The van der Waals surface area contributed by atoms with E-state index >= 15 is 0 Å². The molecule has 0 radical (unpaired) electrons. The fourth-order valence-corrected chi connectivity index (χ4v) is 2.46. The van der Waals surface area contributed by atoms with Crippen molar-refractivity contribution < 1.29 is 0 Å². The Bertz CT molecular complexity index is 258. The maximum Gasteiger partial charge on any atom is 0.119 e. The Labute approximate surface area is 85.5 Å². The molecule has 0 spiro atoms. The van der Waals surface area contributed by atoms with Crippen molar-refractivity contribution in [3.63, 3.8) is 0 Å². The van der Waals surface area contributed by atoms with Gasteiger partial charge in [0.25, 0.3) is 0 Å². The highest BCUT2D eigenvalue weighted by Crippen LogP contribution is 2.35. The van der Waals surface area contributed by atoms with Crippen molar-refractivity contribution in [3.8, 4) is 0 Å². The Balaban J connectivity index is 1.90. The van der Waals surface area contributed by atoms with Gasteiger partial charge in [0.05, 0.1) is 0 Å². The predicted octanol–water partition coefficient (Wildman–Crippen LogP) is 2.67. The molecule has 0 amide bonds. The summed E-state index contributed by atoms with van der Waals surface area (Å²) in [6, 6.07) is 0.653. The lowest BCUT2D eigenvalue weighted by molar-refractivity contribution is 0.225. The van der Waals surface area contributed by atoms with E-state index in [1.807, 2.05) is 12.7 Å². The Morgan fingerprint density at radius 3 is 2.14 bits per heavy atom. The first-order valence-electron chi connectivity index (χ1n) is 5.61. The van der Waals surface area contributed by atoms with E-state index in [2.05, 4.69) is 28.6 Å². The fraction of sp³-hybridized carbons (Fsp3) is 0.818. The van der Waals surface area contributed by atoms with Gasteiger partial charge in [-0.15, -0.1) is 10.2 Å². The monoisotopic (exact) mass is 193 g/mol. The molecule has 2 rings (SSSR count). The van der Waals surface area contributed by atoms with Crippen molar-refractivity contribution in [2.45, 2.75) is 45.6 Å². The summed E-state index contributed by atoms with van der Waals surface area (Å²) in [6.07, 6.45) is 9.00. The minimum atomic E-state index is 0.653. The van der Waals surface area contributed by atoms with Gasteiger partial charge in [-0.1, -0.05) is 13.8 Å². The van der Waals surface area contributed by atoms with Gasteiger partial charge in [0.1, 0.15) is 12.7 Å². The molecule has 3 heteroatoms. The zero-order valence-corrected chi connectivity index (χ0v) is 9.06. The number of nitrogens with zero attached hydrogens (tertiary/aromatic N) is 3. The summed E-state index contributed by atoms with van der Waals surface area (Å²) in [4.78, 5) is 0. The predicted molar refractivity (Wildman–Crippen MR) is 55.9 cm³/mol. The van der Waals surface area contributed by atoms with Crippen LogP contribution in [0.5, 0.6) is 0 Å². The van der Waals surface area contributed by atoms with Crippen LogP contribution in [0.2, 0.25) is 0 Å². The van der Waals surface area contributed by atoms with E-state index in [1.54, 1.807) is 0 Å². The normalized spacial score (nSPS) is 28.2. The zero-order chi connectivity index (χ0) is 9.97. The van der Waals surface area contributed by atoms with Crippen molar-refractivity contribution >= 4 is 0 Å². The lowest BCUT2D eigenvalue weighted by Gasteiger charge is -2.31. The molecule has 0 unspecified atom stereocenters. The lowest BCUT2D eigenvalue weighted by Crippen LogP contribution is -2.20. The van der Waals surface area contributed by atoms with Gasteiger partial charge in [-0.05, 0) is 37.5 Å². The molecule has 1 fully saturated rings. The van der Waals surface area contributed by atoms with Crippen molar-refractivity contribution in [3.05, 3.63) is 12.7 Å². The molecule has 0 bridgehead atoms. The highest BCUT2D eigenvalue weighted by Gasteiger charge is 2.23. The average Bonchev–Trinajstić information content (AvgIpc) is 2.71. The second-order valence-corrected chi connectivity index (χ2v) is 4.72. The van der Waals surface area contributed by atoms with Gasteiger partial charge in [-0.25, -0.2) is 0 Å². The van der Waals surface area contributed by atoms with E-state index in [1.165, 1.54) is 25.7 Å². The van der Waals surface area contributed by atoms with Crippen LogP contribution in [0, 0.1) is 11.8 Å². The summed E-state index contributed by atoms with van der Waals surface area (Å²) >= 11 is 0. The van der Waals surface area contributed by atoms with Gasteiger partial charge in [-0.2, -0.15) is 0 Å². The molecule has 3 nitrogen and oxygen atoms in total. The molecule has 0 aromatic carbocycles. The summed E-state index contributed by atoms with van der Waals surface area (Å²) in [5.41, 5.74) is 0. The molecule has 0 atom stereocenters. The van der Waals surface area contributed by atoms with Gasteiger partial charge in [0, 0.05) is 6.04 Å². The average molecular weight is 193 g/mol. The molecule has 1 aromatic rings. The molecule has 1 heterocycles. The van der Waals surface area contributed by atoms with Gasteiger partial charge in [0.2, 0.25) is 0 Å². The van der Waals surface area contributed by atoms with Crippen LogP contribution >= 0.6 is 0 Å². The second kappa shape index (κ2) is 4.11. The van der Waals surface area contributed by atoms with Crippen LogP contribution in [0.25, 0.3) is 0 Å². The third kappa shape index (κ3) is 1.97. The first-order chi connectivity index (χ1) is 6.77. The highest BCUT2D eigenvalue weighted by atomic mass is 15.2. The number of hydrogen-bond acceptors (Lipinski definition) is 2. The van der Waals surface area contributed by atoms with E-state index in [0.29, 0.717) is 6.04 Å².